The molecule has 0 aliphatic carbocycles. The maximum absolute atomic E-state index is 13.5. The van der Waals surface area contributed by atoms with Crippen molar-refractivity contribution in [1.29, 1.82) is 0 Å². The topological polar surface area (TPSA) is 212 Å². The molecule has 4 amide bonds. The Morgan fingerprint density at radius 1 is 0.962 bits per heavy atom. The summed E-state index contributed by atoms with van der Waals surface area (Å²) in [5, 5.41) is 8.52. The predicted octanol–water partition coefficient (Wildman–Crippen LogP) is 4.72. The molecule has 3 rings (SSSR count). The smallest absolute Gasteiger partial charge is 0.497 e. The molecular weight excluding hydrogens is 699 g/mol. The molecule has 1 aromatic heterocycles. The van der Waals surface area contributed by atoms with Crippen LogP contribution in [-0.4, -0.2) is 73.2 Å². The first-order valence-electron chi connectivity index (χ1n) is 16.7. The van der Waals surface area contributed by atoms with Crippen LogP contribution >= 0.6 is 8.25 Å². The van der Waals surface area contributed by atoms with Crippen LogP contribution in [0.1, 0.15) is 84.1 Å². The molecule has 0 aliphatic heterocycles. The molecule has 0 bridgehead atoms. The first kappa shape index (κ1) is 41.1. The highest BCUT2D eigenvalue weighted by molar-refractivity contribution is 7.32. The largest absolute Gasteiger partial charge is 0.696 e. The number of methoxy groups -OCH3 is 1. The maximum atomic E-state index is 13.5. The van der Waals surface area contributed by atoms with Gasteiger partial charge in [-0.2, -0.15) is 5.06 Å². The summed E-state index contributed by atoms with van der Waals surface area (Å²) in [4.78, 5) is 78.1. The molecule has 0 spiro atoms. The Labute approximate surface area is 302 Å². The number of amides is 4. The van der Waals surface area contributed by atoms with Gasteiger partial charge in [-0.1, -0.05) is 43.7 Å². The van der Waals surface area contributed by atoms with Crippen molar-refractivity contribution in [2.45, 2.75) is 58.9 Å². The second kappa shape index (κ2) is 21.1. The standard InChI is InChI=1S/C35H43N4O12P/c1-5-8-9-10-26(28(6-2)39(22-40)51-35(44)23-11-14-25(47-4)15-12-23)32(41)36-20-37-34(43)30-18-17-29(50-30)24-13-16-27(31(19-24)48-7-3)33(42)38-21-49-52(45)46/h11-19,22,26,28H,5-10,20-21H2,1-4H3,(H3-,36,37,38,41,42,43,45,46)/p+1. The minimum absolute atomic E-state index is 0.0530. The van der Waals surface area contributed by atoms with Gasteiger partial charge < -0.3 is 34.7 Å². The van der Waals surface area contributed by atoms with Crippen molar-refractivity contribution in [2.24, 2.45) is 5.92 Å². The van der Waals surface area contributed by atoms with E-state index >= 15 is 0 Å². The van der Waals surface area contributed by atoms with E-state index in [-0.39, 0.29) is 35.9 Å². The molecular formula is C35H44N4O12P+. The summed E-state index contributed by atoms with van der Waals surface area (Å²) in [6.07, 6.45) is 3.51. The van der Waals surface area contributed by atoms with Crippen molar-refractivity contribution >= 4 is 38.4 Å². The lowest BCUT2D eigenvalue weighted by Gasteiger charge is -2.31. The van der Waals surface area contributed by atoms with Crippen LogP contribution in [0.3, 0.4) is 0 Å². The van der Waals surface area contributed by atoms with Gasteiger partial charge in [-0.3, -0.25) is 19.2 Å². The zero-order valence-electron chi connectivity index (χ0n) is 29.4. The van der Waals surface area contributed by atoms with Gasteiger partial charge in [0.1, 0.15) is 17.3 Å². The van der Waals surface area contributed by atoms with Gasteiger partial charge in [0.2, 0.25) is 12.3 Å². The lowest BCUT2D eigenvalue weighted by atomic mass is 9.90. The number of rotatable bonds is 22. The van der Waals surface area contributed by atoms with Crippen molar-refractivity contribution in [1.82, 2.24) is 21.0 Å². The maximum Gasteiger partial charge on any atom is 0.696 e. The zero-order chi connectivity index (χ0) is 38.0. The van der Waals surface area contributed by atoms with Gasteiger partial charge in [0.15, 0.2) is 12.5 Å². The van der Waals surface area contributed by atoms with E-state index in [1.807, 2.05) is 6.92 Å². The van der Waals surface area contributed by atoms with Crippen LogP contribution in [0.4, 0.5) is 0 Å². The number of benzene rings is 2. The Kier molecular flexibility index (Phi) is 16.7. The van der Waals surface area contributed by atoms with Crippen molar-refractivity contribution in [3.8, 4) is 22.8 Å². The molecule has 3 unspecified atom stereocenters. The van der Waals surface area contributed by atoms with Crippen molar-refractivity contribution < 1.29 is 56.7 Å². The highest BCUT2D eigenvalue weighted by atomic mass is 31.1. The number of unbranched alkanes of at least 4 members (excludes halogenated alkanes) is 2. The molecule has 0 radical (unpaired) electrons. The third-order valence-electron chi connectivity index (χ3n) is 7.84. The molecule has 1 heterocycles. The summed E-state index contributed by atoms with van der Waals surface area (Å²) >= 11 is 0. The molecule has 16 nitrogen and oxygen atoms in total. The summed E-state index contributed by atoms with van der Waals surface area (Å²) in [6.45, 7) is 5.03. The van der Waals surface area contributed by atoms with Crippen LogP contribution in [0.25, 0.3) is 11.3 Å². The Morgan fingerprint density at radius 2 is 1.71 bits per heavy atom. The molecule has 2 aromatic carbocycles. The molecule has 0 fully saturated rings. The van der Waals surface area contributed by atoms with Gasteiger partial charge in [0, 0.05) is 10.1 Å². The third kappa shape index (κ3) is 11.9. The van der Waals surface area contributed by atoms with Crippen LogP contribution in [-0.2, 0) is 23.5 Å². The van der Waals surface area contributed by atoms with Gasteiger partial charge in [0.05, 0.1) is 43.5 Å². The summed E-state index contributed by atoms with van der Waals surface area (Å²) in [5.41, 5.74) is 0.835. The first-order chi connectivity index (χ1) is 25.1. The van der Waals surface area contributed by atoms with Crippen LogP contribution in [0.15, 0.2) is 59.0 Å². The minimum Gasteiger partial charge on any atom is -0.497 e. The minimum atomic E-state index is -2.88. The summed E-state index contributed by atoms with van der Waals surface area (Å²) < 4.78 is 31.6. The van der Waals surface area contributed by atoms with Crippen LogP contribution in [0.5, 0.6) is 11.5 Å². The summed E-state index contributed by atoms with van der Waals surface area (Å²) in [5.74, 6) is -2.20. The summed E-state index contributed by atoms with van der Waals surface area (Å²) in [7, 11) is -1.38. The van der Waals surface area contributed by atoms with Crippen molar-refractivity contribution in [3.05, 3.63) is 71.5 Å². The fourth-order valence-electron chi connectivity index (χ4n) is 5.23. The number of hydrogen-bond acceptors (Lipinski definition) is 11. The van der Waals surface area contributed by atoms with E-state index in [4.69, 9.17) is 23.6 Å². The molecule has 4 N–H and O–H groups in total. The van der Waals surface area contributed by atoms with Crippen molar-refractivity contribution in [2.75, 3.05) is 27.1 Å². The van der Waals surface area contributed by atoms with E-state index in [1.54, 1.807) is 44.2 Å². The predicted molar refractivity (Wildman–Crippen MR) is 187 cm³/mol. The van der Waals surface area contributed by atoms with Crippen LogP contribution < -0.4 is 25.4 Å². The molecule has 280 valence electrons. The third-order valence-corrected chi connectivity index (χ3v) is 8.19. The number of ether oxygens (including phenoxy) is 2. The average Bonchev–Trinajstić information content (AvgIpc) is 3.64. The first-order valence-corrected chi connectivity index (χ1v) is 17.8. The Bertz CT molecular complexity index is 1680. The number of hydrogen-bond donors (Lipinski definition) is 4. The molecule has 0 saturated heterocycles. The fourth-order valence-corrected chi connectivity index (χ4v) is 5.40. The lowest BCUT2D eigenvalue weighted by Crippen LogP contribution is -2.49. The second-order valence-electron chi connectivity index (χ2n) is 11.2. The number of carbonyl (C=O) groups excluding carboxylic acids is 5. The van der Waals surface area contributed by atoms with Crippen LogP contribution in [0, 0.1) is 5.92 Å². The van der Waals surface area contributed by atoms with E-state index in [9.17, 15) is 28.5 Å². The molecule has 3 atom stereocenters. The molecule has 17 heteroatoms. The molecule has 0 aliphatic rings. The van der Waals surface area contributed by atoms with E-state index in [0.29, 0.717) is 42.7 Å². The molecule has 0 saturated carbocycles. The summed E-state index contributed by atoms with van der Waals surface area (Å²) in [6, 6.07) is 13.0. The van der Waals surface area contributed by atoms with E-state index < -0.39 is 50.6 Å². The number of nitrogens with one attached hydrogen (secondary N) is 3. The van der Waals surface area contributed by atoms with Crippen LogP contribution in [0.2, 0.25) is 0 Å². The van der Waals surface area contributed by atoms with Gasteiger partial charge >= 0.3 is 14.2 Å². The highest BCUT2D eigenvalue weighted by Gasteiger charge is 2.33. The number of nitrogens with zero attached hydrogens (tertiary/aromatic N) is 1. The van der Waals surface area contributed by atoms with E-state index in [0.717, 1.165) is 17.9 Å². The SMILES string of the molecule is CCCCCC(C(=O)NCNC(=O)c1ccc(-c2ccc(C(=O)NCO[P+](=O)O)c(OCC)c2)o1)C(CC)N(C=O)OC(=O)c1ccc(OC)cc1. The van der Waals surface area contributed by atoms with Gasteiger partial charge in [-0.15, -0.1) is 4.89 Å². The monoisotopic (exact) mass is 743 g/mol. The van der Waals surface area contributed by atoms with Crippen molar-refractivity contribution in [3.63, 3.8) is 0 Å². The van der Waals surface area contributed by atoms with Gasteiger partial charge in [-0.25, -0.2) is 4.79 Å². The number of hydroxylamine groups is 2. The Morgan fingerprint density at radius 3 is 2.35 bits per heavy atom. The normalized spacial score (nSPS) is 12.1. The number of furan rings is 1. The molecule has 52 heavy (non-hydrogen) atoms. The Balaban J connectivity index is 1.66. The van der Waals surface area contributed by atoms with E-state index in [2.05, 4.69) is 20.5 Å². The zero-order valence-corrected chi connectivity index (χ0v) is 30.3. The molecule has 3 aromatic rings. The quantitative estimate of drug-likeness (QED) is 0.0362. The lowest BCUT2D eigenvalue weighted by molar-refractivity contribution is -0.171. The highest BCUT2D eigenvalue weighted by Crippen LogP contribution is 2.29. The Hall–Kier alpha value is -5.31. The second-order valence-corrected chi connectivity index (χ2v) is 11.9. The van der Waals surface area contributed by atoms with E-state index in [1.165, 1.54) is 31.4 Å². The average molecular weight is 744 g/mol. The van der Waals surface area contributed by atoms with Gasteiger partial charge in [-0.05, 0) is 68.3 Å². The van der Waals surface area contributed by atoms with Gasteiger partial charge in [0.25, 0.3) is 11.8 Å². The fraction of sp³-hybridized carbons (Fsp3) is 0.400. The number of carbonyl (C=O) groups is 5.